The van der Waals surface area contributed by atoms with E-state index in [9.17, 15) is 9.59 Å². The molecule has 1 saturated heterocycles. The molecule has 2 aromatic carbocycles. The number of nitrogens with one attached hydrogen (secondary N) is 1. The smallest absolute Gasteiger partial charge is 0.224 e. The van der Waals surface area contributed by atoms with E-state index in [2.05, 4.69) is 29.6 Å². The number of nitrogens with zero attached hydrogens (tertiary/aromatic N) is 1. The molecule has 0 saturated carbocycles. The molecular weight excluding hydrogens is 328 g/mol. The topological polar surface area (TPSA) is 58.6 Å². The quantitative estimate of drug-likeness (QED) is 0.787. The minimum Gasteiger partial charge on any atom is -0.378 e. The van der Waals surface area contributed by atoms with Gasteiger partial charge in [-0.1, -0.05) is 30.3 Å². The van der Waals surface area contributed by atoms with Crippen molar-refractivity contribution in [2.45, 2.75) is 19.3 Å². The predicted octanol–water partition coefficient (Wildman–Crippen LogP) is 2.84. The van der Waals surface area contributed by atoms with Crippen molar-refractivity contribution in [1.82, 2.24) is 4.90 Å². The lowest BCUT2D eigenvalue weighted by molar-refractivity contribution is -0.136. The molecule has 5 heteroatoms. The second-order valence-electron chi connectivity index (χ2n) is 6.75. The normalized spacial score (nSPS) is 15.3. The monoisotopic (exact) mass is 350 g/mol. The van der Waals surface area contributed by atoms with Crippen LogP contribution in [0.25, 0.3) is 11.1 Å². The van der Waals surface area contributed by atoms with E-state index >= 15 is 0 Å². The molecule has 1 aliphatic carbocycles. The molecule has 1 fully saturated rings. The maximum atomic E-state index is 12.2. The second kappa shape index (κ2) is 7.30. The fraction of sp³-hybridized carbons (Fsp3) is 0.333. The van der Waals surface area contributed by atoms with Crippen LogP contribution in [0.3, 0.4) is 0 Å². The molecule has 0 aromatic heterocycles. The van der Waals surface area contributed by atoms with Gasteiger partial charge in [0.25, 0.3) is 0 Å². The Hall–Kier alpha value is -2.66. The molecule has 2 amide bonds. The SMILES string of the molecule is O=C(CCC(=O)N1CCOCC1)Nc1ccc2c(c1)-c1ccccc1C2. The first kappa shape index (κ1) is 16.8. The number of carbonyl (C=O) groups excluding carboxylic acids is 2. The summed E-state index contributed by atoms with van der Waals surface area (Å²) in [5.41, 5.74) is 5.81. The lowest BCUT2D eigenvalue weighted by atomic mass is 10.1. The molecule has 5 nitrogen and oxygen atoms in total. The van der Waals surface area contributed by atoms with Crippen LogP contribution in [0.15, 0.2) is 42.5 Å². The lowest BCUT2D eigenvalue weighted by Gasteiger charge is -2.26. The fourth-order valence-electron chi connectivity index (χ4n) is 3.62. The summed E-state index contributed by atoms with van der Waals surface area (Å²) in [6.45, 7) is 2.39. The summed E-state index contributed by atoms with van der Waals surface area (Å²) in [7, 11) is 0. The molecule has 2 aliphatic rings. The molecule has 0 radical (unpaired) electrons. The van der Waals surface area contributed by atoms with Crippen LogP contribution in [0.2, 0.25) is 0 Å². The molecule has 0 spiro atoms. The third-order valence-corrected chi connectivity index (χ3v) is 5.01. The zero-order valence-corrected chi connectivity index (χ0v) is 14.7. The van der Waals surface area contributed by atoms with Gasteiger partial charge >= 0.3 is 0 Å². The zero-order chi connectivity index (χ0) is 17.9. The number of carbonyl (C=O) groups is 2. The van der Waals surface area contributed by atoms with Gasteiger partial charge in [-0.3, -0.25) is 9.59 Å². The van der Waals surface area contributed by atoms with E-state index in [1.165, 1.54) is 22.3 Å². The van der Waals surface area contributed by atoms with Gasteiger partial charge in [0, 0.05) is 31.6 Å². The molecule has 26 heavy (non-hydrogen) atoms. The first-order chi connectivity index (χ1) is 12.7. The molecule has 2 aromatic rings. The molecule has 0 atom stereocenters. The Morgan fingerprint density at radius 3 is 2.58 bits per heavy atom. The van der Waals surface area contributed by atoms with Gasteiger partial charge < -0.3 is 15.0 Å². The summed E-state index contributed by atoms with van der Waals surface area (Å²) in [5.74, 6) is -0.107. The van der Waals surface area contributed by atoms with Gasteiger partial charge in [-0.25, -0.2) is 0 Å². The number of morpholine rings is 1. The van der Waals surface area contributed by atoms with Crippen molar-refractivity contribution < 1.29 is 14.3 Å². The van der Waals surface area contributed by atoms with E-state index in [0.717, 1.165) is 12.1 Å². The van der Waals surface area contributed by atoms with E-state index in [-0.39, 0.29) is 24.7 Å². The van der Waals surface area contributed by atoms with Crippen molar-refractivity contribution in [3.05, 3.63) is 53.6 Å². The van der Waals surface area contributed by atoms with E-state index in [0.29, 0.717) is 26.3 Å². The summed E-state index contributed by atoms with van der Waals surface area (Å²) in [6.07, 6.45) is 1.37. The molecule has 1 N–H and O–H groups in total. The molecule has 1 aliphatic heterocycles. The number of rotatable bonds is 4. The number of ether oxygens (including phenoxy) is 1. The fourth-order valence-corrected chi connectivity index (χ4v) is 3.62. The summed E-state index contributed by atoms with van der Waals surface area (Å²) >= 11 is 0. The minimum atomic E-state index is -0.127. The van der Waals surface area contributed by atoms with Gasteiger partial charge in [-0.15, -0.1) is 0 Å². The van der Waals surface area contributed by atoms with E-state index < -0.39 is 0 Å². The summed E-state index contributed by atoms with van der Waals surface area (Å²) in [5, 5.41) is 2.93. The molecule has 1 heterocycles. The van der Waals surface area contributed by atoms with Gasteiger partial charge in [0.15, 0.2) is 0 Å². The van der Waals surface area contributed by atoms with Crippen LogP contribution in [0.5, 0.6) is 0 Å². The molecule has 0 bridgehead atoms. The summed E-state index contributed by atoms with van der Waals surface area (Å²) in [6, 6.07) is 14.4. The molecular formula is C21H22N2O3. The highest BCUT2D eigenvalue weighted by Gasteiger charge is 2.19. The van der Waals surface area contributed by atoms with Gasteiger partial charge in [0.05, 0.1) is 13.2 Å². The average molecular weight is 350 g/mol. The van der Waals surface area contributed by atoms with E-state index in [1.807, 2.05) is 18.2 Å². The van der Waals surface area contributed by atoms with Crippen molar-refractivity contribution in [3.8, 4) is 11.1 Å². The summed E-state index contributed by atoms with van der Waals surface area (Å²) < 4.78 is 5.24. The van der Waals surface area contributed by atoms with Crippen molar-refractivity contribution in [2.75, 3.05) is 31.6 Å². The lowest BCUT2D eigenvalue weighted by Crippen LogP contribution is -2.40. The minimum absolute atomic E-state index is 0.0198. The third kappa shape index (κ3) is 3.48. The van der Waals surface area contributed by atoms with Gasteiger partial charge in [0.2, 0.25) is 11.8 Å². The number of benzene rings is 2. The van der Waals surface area contributed by atoms with Crippen molar-refractivity contribution in [2.24, 2.45) is 0 Å². The van der Waals surface area contributed by atoms with Crippen molar-refractivity contribution in [1.29, 1.82) is 0 Å². The van der Waals surface area contributed by atoms with Crippen molar-refractivity contribution >= 4 is 17.5 Å². The van der Waals surface area contributed by atoms with Crippen molar-refractivity contribution in [3.63, 3.8) is 0 Å². The highest BCUT2D eigenvalue weighted by atomic mass is 16.5. The summed E-state index contributed by atoms with van der Waals surface area (Å²) in [4.78, 5) is 26.1. The van der Waals surface area contributed by atoms with E-state index in [1.54, 1.807) is 4.90 Å². The Balaban J connectivity index is 1.36. The largest absolute Gasteiger partial charge is 0.378 e. The highest BCUT2D eigenvalue weighted by Crippen LogP contribution is 2.37. The second-order valence-corrected chi connectivity index (χ2v) is 6.75. The van der Waals surface area contributed by atoms with Gasteiger partial charge in [-0.2, -0.15) is 0 Å². The van der Waals surface area contributed by atoms with Gasteiger partial charge in [0.1, 0.15) is 0 Å². The number of hydrogen-bond acceptors (Lipinski definition) is 3. The molecule has 0 unspecified atom stereocenters. The Labute approximate surface area is 153 Å². The van der Waals surface area contributed by atoms with Crippen LogP contribution >= 0.6 is 0 Å². The highest BCUT2D eigenvalue weighted by molar-refractivity contribution is 5.94. The maximum absolute atomic E-state index is 12.2. The van der Waals surface area contributed by atoms with Crippen LogP contribution in [0.1, 0.15) is 24.0 Å². The van der Waals surface area contributed by atoms with Gasteiger partial charge in [-0.05, 0) is 40.8 Å². The van der Waals surface area contributed by atoms with Crippen LogP contribution < -0.4 is 5.32 Å². The number of anilines is 1. The standard InChI is InChI=1S/C21H22N2O3/c24-20(7-8-21(25)23-9-11-26-12-10-23)22-17-6-5-16-13-15-3-1-2-4-18(15)19(16)14-17/h1-6,14H,7-13H2,(H,22,24). The zero-order valence-electron chi connectivity index (χ0n) is 14.7. The first-order valence-corrected chi connectivity index (χ1v) is 9.07. The van der Waals surface area contributed by atoms with Crippen LogP contribution in [-0.4, -0.2) is 43.0 Å². The molecule has 134 valence electrons. The third-order valence-electron chi connectivity index (χ3n) is 5.01. The first-order valence-electron chi connectivity index (χ1n) is 9.07. The van der Waals surface area contributed by atoms with E-state index in [4.69, 9.17) is 4.74 Å². The number of hydrogen-bond donors (Lipinski definition) is 1. The molecule has 4 rings (SSSR count). The Morgan fingerprint density at radius 1 is 0.962 bits per heavy atom. The predicted molar refractivity (Wildman–Crippen MR) is 99.9 cm³/mol. The Morgan fingerprint density at radius 2 is 1.73 bits per heavy atom. The number of fused-ring (bicyclic) bond motifs is 3. The maximum Gasteiger partial charge on any atom is 0.224 e. The van der Waals surface area contributed by atoms with Crippen LogP contribution in [0, 0.1) is 0 Å². The van der Waals surface area contributed by atoms with Crippen LogP contribution in [0.4, 0.5) is 5.69 Å². The Bertz CT molecular complexity index is 841. The Kier molecular flexibility index (Phi) is 4.71. The average Bonchev–Trinajstić information content (AvgIpc) is 3.05. The van der Waals surface area contributed by atoms with Crippen LogP contribution in [-0.2, 0) is 20.7 Å². The number of amides is 2.